The number of amides is 2. The lowest BCUT2D eigenvalue weighted by Crippen LogP contribution is -2.46. The Bertz CT molecular complexity index is 644. The van der Waals surface area contributed by atoms with Gasteiger partial charge in [0.1, 0.15) is 11.2 Å². The summed E-state index contributed by atoms with van der Waals surface area (Å²) in [5, 5.41) is 2.92. The number of carbonyl (C=O) groups excluding carboxylic acids is 2. The molecule has 2 fully saturated rings. The normalized spacial score (nSPS) is 19.7. The zero-order valence-corrected chi connectivity index (χ0v) is 14.7. The summed E-state index contributed by atoms with van der Waals surface area (Å²) in [5.74, 6) is 1.08. The van der Waals surface area contributed by atoms with Crippen LogP contribution in [0.5, 0.6) is 5.75 Å². The minimum absolute atomic E-state index is 0.00137. The maximum absolute atomic E-state index is 12.9. The number of likely N-dealkylation sites (tertiary alicyclic amines) is 1. The van der Waals surface area contributed by atoms with Crippen molar-refractivity contribution in [1.29, 1.82) is 0 Å². The van der Waals surface area contributed by atoms with Gasteiger partial charge in [-0.15, -0.1) is 0 Å². The number of carbonyl (C=O) groups is 2. The molecule has 0 atom stereocenters. The zero-order chi connectivity index (χ0) is 17.3. The van der Waals surface area contributed by atoms with Crippen molar-refractivity contribution in [2.75, 3.05) is 25.5 Å². The molecule has 0 aromatic heterocycles. The molecule has 130 valence electrons. The highest BCUT2D eigenvalue weighted by atomic mass is 16.5. The molecule has 0 bridgehead atoms. The van der Waals surface area contributed by atoms with Crippen molar-refractivity contribution in [2.24, 2.45) is 11.3 Å². The maximum Gasteiger partial charge on any atom is 0.240 e. The molecular formula is C19H26N2O3. The SMILES string of the molecule is COc1ccc(C)cc1NC(=O)C1(C(=O)N2CCC(C)CC2)CC1. The van der Waals surface area contributed by atoms with Gasteiger partial charge in [0.15, 0.2) is 0 Å². The smallest absolute Gasteiger partial charge is 0.240 e. The fourth-order valence-corrected chi connectivity index (χ4v) is 3.34. The van der Waals surface area contributed by atoms with Gasteiger partial charge >= 0.3 is 0 Å². The molecule has 2 amide bonds. The number of hydrogen-bond acceptors (Lipinski definition) is 3. The molecule has 1 aliphatic carbocycles. The molecule has 2 aliphatic rings. The number of benzene rings is 1. The van der Waals surface area contributed by atoms with Gasteiger partial charge in [-0.05, 0) is 56.2 Å². The predicted molar refractivity (Wildman–Crippen MR) is 93.0 cm³/mol. The number of methoxy groups -OCH3 is 1. The third-order valence-corrected chi connectivity index (χ3v) is 5.27. The molecule has 5 nitrogen and oxygen atoms in total. The van der Waals surface area contributed by atoms with Crippen molar-refractivity contribution >= 4 is 17.5 Å². The first-order valence-corrected chi connectivity index (χ1v) is 8.72. The summed E-state index contributed by atoms with van der Waals surface area (Å²) in [6.07, 6.45) is 3.32. The van der Waals surface area contributed by atoms with Crippen molar-refractivity contribution in [2.45, 2.75) is 39.5 Å². The first-order valence-electron chi connectivity index (χ1n) is 8.72. The van der Waals surface area contributed by atoms with E-state index in [1.54, 1.807) is 7.11 Å². The lowest BCUT2D eigenvalue weighted by Gasteiger charge is -2.32. The topological polar surface area (TPSA) is 58.6 Å². The summed E-state index contributed by atoms with van der Waals surface area (Å²) in [5.41, 5.74) is 0.802. The van der Waals surface area contributed by atoms with E-state index in [1.165, 1.54) is 0 Å². The number of ether oxygens (including phenoxy) is 1. The van der Waals surface area contributed by atoms with Gasteiger partial charge in [0.2, 0.25) is 11.8 Å². The molecule has 1 heterocycles. The van der Waals surface area contributed by atoms with Gasteiger partial charge in [-0.2, -0.15) is 0 Å². The third kappa shape index (κ3) is 3.12. The van der Waals surface area contributed by atoms with Gasteiger partial charge in [-0.1, -0.05) is 13.0 Å². The summed E-state index contributed by atoms with van der Waals surface area (Å²) < 4.78 is 5.31. The van der Waals surface area contributed by atoms with E-state index in [0.29, 0.717) is 30.2 Å². The first kappa shape index (κ1) is 16.8. The van der Waals surface area contributed by atoms with E-state index in [1.807, 2.05) is 30.0 Å². The molecule has 3 rings (SSSR count). The van der Waals surface area contributed by atoms with Crippen LogP contribution in [0.3, 0.4) is 0 Å². The highest BCUT2D eigenvalue weighted by molar-refractivity contribution is 6.13. The average Bonchev–Trinajstić information content (AvgIpc) is 3.37. The lowest BCUT2D eigenvalue weighted by molar-refractivity contribution is -0.143. The summed E-state index contributed by atoms with van der Waals surface area (Å²) in [7, 11) is 1.58. The Balaban J connectivity index is 1.72. The Morgan fingerprint density at radius 2 is 1.92 bits per heavy atom. The highest BCUT2D eigenvalue weighted by Crippen LogP contribution is 2.49. The molecule has 1 aliphatic heterocycles. The van der Waals surface area contributed by atoms with Crippen molar-refractivity contribution in [3.8, 4) is 5.75 Å². The summed E-state index contributed by atoms with van der Waals surface area (Å²) >= 11 is 0. The van der Waals surface area contributed by atoms with Crippen LogP contribution in [0.25, 0.3) is 0 Å². The van der Waals surface area contributed by atoms with E-state index < -0.39 is 5.41 Å². The van der Waals surface area contributed by atoms with Gasteiger partial charge in [-0.25, -0.2) is 0 Å². The Hall–Kier alpha value is -2.04. The summed E-state index contributed by atoms with van der Waals surface area (Å²) in [4.78, 5) is 27.6. The van der Waals surface area contributed by atoms with Crippen LogP contribution in [0.15, 0.2) is 18.2 Å². The van der Waals surface area contributed by atoms with Crippen LogP contribution in [0, 0.1) is 18.3 Å². The van der Waals surface area contributed by atoms with E-state index in [9.17, 15) is 9.59 Å². The van der Waals surface area contributed by atoms with E-state index in [4.69, 9.17) is 4.74 Å². The highest BCUT2D eigenvalue weighted by Gasteiger charge is 2.58. The monoisotopic (exact) mass is 330 g/mol. The number of aryl methyl sites for hydroxylation is 1. The van der Waals surface area contributed by atoms with Crippen LogP contribution >= 0.6 is 0 Å². The molecule has 0 unspecified atom stereocenters. The minimum atomic E-state index is -0.866. The van der Waals surface area contributed by atoms with Crippen molar-refractivity contribution in [3.63, 3.8) is 0 Å². The zero-order valence-electron chi connectivity index (χ0n) is 14.7. The van der Waals surface area contributed by atoms with Crippen LogP contribution in [0.2, 0.25) is 0 Å². The predicted octanol–water partition coefficient (Wildman–Crippen LogP) is 2.98. The van der Waals surface area contributed by atoms with Crippen LogP contribution in [-0.4, -0.2) is 36.9 Å². The second kappa shape index (κ2) is 6.46. The van der Waals surface area contributed by atoms with Gasteiger partial charge in [0.25, 0.3) is 0 Å². The molecule has 1 aromatic carbocycles. The number of hydrogen-bond donors (Lipinski definition) is 1. The van der Waals surface area contributed by atoms with Gasteiger partial charge in [-0.3, -0.25) is 9.59 Å². The molecule has 24 heavy (non-hydrogen) atoms. The fourth-order valence-electron chi connectivity index (χ4n) is 3.34. The van der Waals surface area contributed by atoms with Crippen LogP contribution in [0.4, 0.5) is 5.69 Å². The molecule has 1 aromatic rings. The Labute approximate surface area is 143 Å². The first-order chi connectivity index (χ1) is 11.5. The number of nitrogens with one attached hydrogen (secondary N) is 1. The molecule has 1 saturated heterocycles. The Morgan fingerprint density at radius 1 is 1.25 bits per heavy atom. The van der Waals surface area contributed by atoms with Crippen LogP contribution in [-0.2, 0) is 9.59 Å². The summed E-state index contributed by atoms with van der Waals surface area (Å²) in [6.45, 7) is 5.71. The largest absolute Gasteiger partial charge is 0.495 e. The van der Waals surface area contributed by atoms with Crippen LogP contribution < -0.4 is 10.1 Å². The van der Waals surface area contributed by atoms with E-state index in [-0.39, 0.29) is 11.8 Å². The van der Waals surface area contributed by atoms with Crippen molar-refractivity contribution in [1.82, 2.24) is 4.90 Å². The molecular weight excluding hydrogens is 304 g/mol. The number of rotatable bonds is 4. The number of nitrogens with zero attached hydrogens (tertiary/aromatic N) is 1. The van der Waals surface area contributed by atoms with Gasteiger partial charge in [0, 0.05) is 13.1 Å². The molecule has 5 heteroatoms. The molecule has 0 spiro atoms. The van der Waals surface area contributed by atoms with Gasteiger partial charge in [0.05, 0.1) is 12.8 Å². The van der Waals surface area contributed by atoms with Crippen LogP contribution in [0.1, 0.15) is 38.2 Å². The van der Waals surface area contributed by atoms with E-state index in [0.717, 1.165) is 31.5 Å². The standard InChI is InChI=1S/C19H26N2O3/c1-13-6-10-21(11-7-13)18(23)19(8-9-19)17(22)20-15-12-14(2)4-5-16(15)24-3/h4-5,12-13H,6-11H2,1-3H3,(H,20,22). The van der Waals surface area contributed by atoms with Gasteiger partial charge < -0.3 is 15.0 Å². The number of piperidine rings is 1. The quantitative estimate of drug-likeness (QED) is 0.864. The van der Waals surface area contributed by atoms with E-state index in [2.05, 4.69) is 12.2 Å². The van der Waals surface area contributed by atoms with E-state index >= 15 is 0 Å². The third-order valence-electron chi connectivity index (χ3n) is 5.27. The molecule has 0 radical (unpaired) electrons. The lowest BCUT2D eigenvalue weighted by atomic mass is 9.96. The van der Waals surface area contributed by atoms with Crippen molar-refractivity contribution in [3.05, 3.63) is 23.8 Å². The van der Waals surface area contributed by atoms with Crippen molar-refractivity contribution < 1.29 is 14.3 Å². The average molecular weight is 330 g/mol. The Morgan fingerprint density at radius 3 is 2.50 bits per heavy atom. The molecule has 1 saturated carbocycles. The molecule has 1 N–H and O–H groups in total. The fraction of sp³-hybridized carbons (Fsp3) is 0.579. The Kier molecular flexibility index (Phi) is 4.52. The minimum Gasteiger partial charge on any atom is -0.495 e. The second-order valence-corrected chi connectivity index (χ2v) is 7.21. The second-order valence-electron chi connectivity index (χ2n) is 7.21. The summed E-state index contributed by atoms with van der Waals surface area (Å²) in [6, 6.07) is 5.64. The number of anilines is 1. The maximum atomic E-state index is 12.9.